The van der Waals surface area contributed by atoms with Crippen molar-refractivity contribution < 1.29 is 4.74 Å². The van der Waals surface area contributed by atoms with Gasteiger partial charge in [0.1, 0.15) is 10.8 Å². The number of nitrogens with zero attached hydrogens (tertiary/aromatic N) is 2. The van der Waals surface area contributed by atoms with Gasteiger partial charge in [0.05, 0.1) is 7.11 Å². The summed E-state index contributed by atoms with van der Waals surface area (Å²) in [5, 5.41) is 12.8. The van der Waals surface area contributed by atoms with E-state index in [1.807, 2.05) is 12.1 Å². The lowest BCUT2D eigenvalue weighted by Gasteiger charge is -2.13. The molecule has 0 aliphatic carbocycles. The third kappa shape index (κ3) is 4.47. The van der Waals surface area contributed by atoms with Crippen molar-refractivity contribution in [3.8, 4) is 5.75 Å². The van der Waals surface area contributed by atoms with Crippen molar-refractivity contribution in [2.75, 3.05) is 19.4 Å². The molecule has 1 aromatic heterocycles. The number of aromatic nitrogens is 2. The number of nitrogens with two attached hydrogens (primary N) is 1. The van der Waals surface area contributed by atoms with Crippen molar-refractivity contribution in [2.24, 2.45) is 0 Å². The second-order valence-electron chi connectivity index (χ2n) is 4.69. The quantitative estimate of drug-likeness (QED) is 0.815. The Morgan fingerprint density at radius 2 is 2.25 bits per heavy atom. The maximum absolute atomic E-state index is 5.55. The van der Waals surface area contributed by atoms with Crippen molar-refractivity contribution in [3.05, 3.63) is 34.8 Å². The van der Waals surface area contributed by atoms with Crippen molar-refractivity contribution in [2.45, 2.75) is 25.8 Å². The fraction of sp³-hybridized carbons (Fsp3) is 0.429. The average molecular weight is 292 g/mol. The van der Waals surface area contributed by atoms with Crippen LogP contribution in [0.2, 0.25) is 0 Å². The van der Waals surface area contributed by atoms with Gasteiger partial charge in [-0.2, -0.15) is 0 Å². The molecule has 108 valence electrons. The topological polar surface area (TPSA) is 73.1 Å². The molecule has 0 radical (unpaired) electrons. The molecule has 0 fully saturated rings. The monoisotopic (exact) mass is 292 g/mol. The van der Waals surface area contributed by atoms with E-state index in [0.717, 1.165) is 30.1 Å². The first kappa shape index (κ1) is 14.7. The first-order valence-electron chi connectivity index (χ1n) is 6.61. The number of nitrogens with one attached hydrogen (secondary N) is 1. The fourth-order valence-electron chi connectivity index (χ4n) is 2.02. The van der Waals surface area contributed by atoms with Gasteiger partial charge in [-0.25, -0.2) is 0 Å². The first-order chi connectivity index (χ1) is 9.67. The van der Waals surface area contributed by atoms with E-state index in [9.17, 15) is 0 Å². The molecular weight excluding hydrogens is 272 g/mol. The zero-order chi connectivity index (χ0) is 14.4. The molecule has 1 atom stereocenters. The summed E-state index contributed by atoms with van der Waals surface area (Å²) in [6.07, 6.45) is 1.83. The predicted molar refractivity (Wildman–Crippen MR) is 82.2 cm³/mol. The van der Waals surface area contributed by atoms with Crippen molar-refractivity contribution in [1.29, 1.82) is 0 Å². The molecule has 0 saturated carbocycles. The van der Waals surface area contributed by atoms with E-state index in [-0.39, 0.29) is 0 Å². The van der Waals surface area contributed by atoms with Gasteiger partial charge in [-0.3, -0.25) is 0 Å². The van der Waals surface area contributed by atoms with Crippen LogP contribution in [0.15, 0.2) is 24.3 Å². The van der Waals surface area contributed by atoms with Gasteiger partial charge in [0.2, 0.25) is 5.13 Å². The number of benzene rings is 1. The number of ether oxygens (including phenoxy) is 1. The van der Waals surface area contributed by atoms with Gasteiger partial charge in [-0.05, 0) is 31.0 Å². The van der Waals surface area contributed by atoms with Gasteiger partial charge >= 0.3 is 0 Å². The second-order valence-corrected chi connectivity index (χ2v) is 5.79. The summed E-state index contributed by atoms with van der Waals surface area (Å²) < 4.78 is 5.23. The summed E-state index contributed by atoms with van der Waals surface area (Å²) in [6.45, 7) is 3.05. The highest BCUT2D eigenvalue weighted by molar-refractivity contribution is 7.15. The molecule has 0 aliphatic heterocycles. The lowest BCUT2D eigenvalue weighted by atomic mass is 10.1. The van der Waals surface area contributed by atoms with Crippen LogP contribution in [0.3, 0.4) is 0 Å². The Morgan fingerprint density at radius 1 is 1.40 bits per heavy atom. The summed E-state index contributed by atoms with van der Waals surface area (Å²) in [5.41, 5.74) is 6.82. The average Bonchev–Trinajstić information content (AvgIpc) is 2.84. The molecule has 5 nitrogen and oxygen atoms in total. The zero-order valence-corrected chi connectivity index (χ0v) is 12.6. The van der Waals surface area contributed by atoms with Crippen LogP contribution in [-0.4, -0.2) is 29.9 Å². The van der Waals surface area contributed by atoms with Crippen LogP contribution in [0.4, 0.5) is 5.13 Å². The minimum atomic E-state index is 0.396. The minimum absolute atomic E-state index is 0.396. The van der Waals surface area contributed by atoms with Crippen LogP contribution in [0.25, 0.3) is 0 Å². The Balaban J connectivity index is 1.75. The fourth-order valence-corrected chi connectivity index (χ4v) is 2.63. The lowest BCUT2D eigenvalue weighted by Crippen LogP contribution is -2.29. The minimum Gasteiger partial charge on any atom is -0.497 e. The third-order valence-corrected chi connectivity index (χ3v) is 3.80. The lowest BCUT2D eigenvalue weighted by molar-refractivity contribution is 0.414. The van der Waals surface area contributed by atoms with E-state index in [1.165, 1.54) is 16.9 Å². The maximum Gasteiger partial charge on any atom is 0.203 e. The van der Waals surface area contributed by atoms with Gasteiger partial charge in [0.25, 0.3) is 0 Å². The number of hydrogen-bond acceptors (Lipinski definition) is 6. The van der Waals surface area contributed by atoms with Crippen molar-refractivity contribution >= 4 is 16.5 Å². The summed E-state index contributed by atoms with van der Waals surface area (Å²) in [5.74, 6) is 0.902. The van der Waals surface area contributed by atoms with Crippen LogP contribution in [-0.2, 0) is 12.8 Å². The molecule has 6 heteroatoms. The number of anilines is 1. The number of hydrogen-bond donors (Lipinski definition) is 2. The van der Waals surface area contributed by atoms with E-state index in [0.29, 0.717) is 11.2 Å². The summed E-state index contributed by atoms with van der Waals surface area (Å²) >= 11 is 1.45. The maximum atomic E-state index is 5.55. The molecule has 0 saturated heterocycles. The molecule has 0 aliphatic rings. The van der Waals surface area contributed by atoms with Gasteiger partial charge in [-0.15, -0.1) is 10.2 Å². The molecule has 0 spiro atoms. The Kier molecular flexibility index (Phi) is 5.31. The van der Waals surface area contributed by atoms with Crippen LogP contribution in [0, 0.1) is 0 Å². The molecule has 1 aromatic carbocycles. The third-order valence-electron chi connectivity index (χ3n) is 2.99. The molecule has 2 rings (SSSR count). The molecule has 0 amide bonds. The van der Waals surface area contributed by atoms with Crippen LogP contribution in [0.1, 0.15) is 17.5 Å². The summed E-state index contributed by atoms with van der Waals surface area (Å²) in [4.78, 5) is 0. The van der Waals surface area contributed by atoms with E-state index in [4.69, 9.17) is 10.5 Å². The van der Waals surface area contributed by atoms with Crippen LogP contribution in [0.5, 0.6) is 5.75 Å². The standard InChI is InChI=1S/C14H20N4OS/c1-10(8-11-4-3-5-12(9-11)19-2)16-7-6-13-17-18-14(15)20-13/h3-5,9-10,16H,6-8H2,1-2H3,(H2,15,18). The van der Waals surface area contributed by atoms with E-state index in [2.05, 4.69) is 34.6 Å². The normalized spacial score (nSPS) is 12.3. The Labute approximate surface area is 123 Å². The van der Waals surface area contributed by atoms with Gasteiger partial charge in [0.15, 0.2) is 0 Å². The Morgan fingerprint density at radius 3 is 2.95 bits per heavy atom. The predicted octanol–water partition coefficient (Wildman–Crippen LogP) is 1.89. The Hall–Kier alpha value is -1.66. The highest BCUT2D eigenvalue weighted by Crippen LogP contribution is 2.14. The van der Waals surface area contributed by atoms with Crippen molar-refractivity contribution in [3.63, 3.8) is 0 Å². The highest BCUT2D eigenvalue weighted by Gasteiger charge is 2.05. The summed E-state index contributed by atoms with van der Waals surface area (Å²) in [6, 6.07) is 8.56. The summed E-state index contributed by atoms with van der Waals surface area (Å²) in [7, 11) is 1.69. The highest BCUT2D eigenvalue weighted by atomic mass is 32.1. The van der Waals surface area contributed by atoms with Crippen molar-refractivity contribution in [1.82, 2.24) is 15.5 Å². The van der Waals surface area contributed by atoms with E-state index >= 15 is 0 Å². The zero-order valence-electron chi connectivity index (χ0n) is 11.8. The molecular formula is C14H20N4OS. The van der Waals surface area contributed by atoms with Crippen LogP contribution < -0.4 is 15.8 Å². The van der Waals surface area contributed by atoms with Gasteiger partial charge in [-0.1, -0.05) is 23.5 Å². The second kappa shape index (κ2) is 7.21. The molecule has 3 N–H and O–H groups in total. The first-order valence-corrected chi connectivity index (χ1v) is 7.43. The number of methoxy groups -OCH3 is 1. The molecule has 1 unspecified atom stereocenters. The van der Waals surface area contributed by atoms with Gasteiger partial charge in [0, 0.05) is 19.0 Å². The molecule has 1 heterocycles. The van der Waals surface area contributed by atoms with Gasteiger partial charge < -0.3 is 15.8 Å². The largest absolute Gasteiger partial charge is 0.497 e. The SMILES string of the molecule is COc1cccc(CC(C)NCCc2nnc(N)s2)c1. The van der Waals surface area contributed by atoms with Crippen LogP contribution >= 0.6 is 11.3 Å². The number of nitrogen functional groups attached to an aromatic ring is 1. The number of rotatable bonds is 7. The molecule has 20 heavy (non-hydrogen) atoms. The van der Waals surface area contributed by atoms with E-state index < -0.39 is 0 Å². The molecule has 0 bridgehead atoms. The van der Waals surface area contributed by atoms with E-state index in [1.54, 1.807) is 7.11 Å². The molecule has 2 aromatic rings. The Bertz CT molecular complexity index is 543. The smallest absolute Gasteiger partial charge is 0.203 e.